The lowest BCUT2D eigenvalue weighted by atomic mass is 9.98. The highest BCUT2D eigenvalue weighted by Gasteiger charge is 2.34. The van der Waals surface area contributed by atoms with Crippen molar-refractivity contribution in [2.75, 3.05) is 26.8 Å². The molecule has 2 N–H and O–H groups in total. The molecule has 1 atom stereocenters. The highest BCUT2D eigenvalue weighted by atomic mass is 35.5. The summed E-state index contributed by atoms with van der Waals surface area (Å²) in [4.78, 5) is 12.0. The highest BCUT2D eigenvalue weighted by Crippen LogP contribution is 2.29. The summed E-state index contributed by atoms with van der Waals surface area (Å²) in [6, 6.07) is 4.19. The number of amides is 1. The lowest BCUT2D eigenvalue weighted by Crippen LogP contribution is -2.53. The molecular formula is C15H20ClF3N2O2. The fourth-order valence-corrected chi connectivity index (χ4v) is 2.63. The van der Waals surface area contributed by atoms with E-state index in [0.717, 1.165) is 31.5 Å². The van der Waals surface area contributed by atoms with Crippen molar-refractivity contribution in [1.82, 2.24) is 10.6 Å². The first-order chi connectivity index (χ1) is 10.4. The quantitative estimate of drug-likeness (QED) is 0.856. The minimum Gasteiger partial charge on any atom is -0.383 e. The molecule has 2 rings (SSSR count). The average molecular weight is 353 g/mol. The molecule has 1 aromatic carbocycles. The van der Waals surface area contributed by atoms with Crippen LogP contribution in [-0.2, 0) is 10.9 Å². The van der Waals surface area contributed by atoms with Crippen LogP contribution in [0.2, 0.25) is 0 Å². The molecule has 0 saturated carbocycles. The van der Waals surface area contributed by atoms with Gasteiger partial charge in [-0.3, -0.25) is 4.79 Å². The van der Waals surface area contributed by atoms with Gasteiger partial charge in [-0.25, -0.2) is 0 Å². The van der Waals surface area contributed by atoms with E-state index < -0.39 is 17.6 Å². The number of methoxy groups -OCH3 is 1. The summed E-state index contributed by atoms with van der Waals surface area (Å²) in [5, 5.41) is 6.08. The molecule has 8 heteroatoms. The van der Waals surface area contributed by atoms with Crippen LogP contribution in [-0.4, -0.2) is 38.3 Å². The van der Waals surface area contributed by atoms with Crippen molar-refractivity contribution in [1.29, 1.82) is 0 Å². The molecule has 1 heterocycles. The summed E-state index contributed by atoms with van der Waals surface area (Å²) in [5.41, 5.74) is -0.855. The van der Waals surface area contributed by atoms with E-state index in [1.54, 1.807) is 7.11 Å². The first-order valence-corrected chi connectivity index (χ1v) is 7.06. The Labute approximate surface area is 139 Å². The second-order valence-electron chi connectivity index (χ2n) is 5.50. The van der Waals surface area contributed by atoms with Crippen LogP contribution in [0.1, 0.15) is 28.8 Å². The summed E-state index contributed by atoms with van der Waals surface area (Å²) in [7, 11) is 1.60. The first-order valence-electron chi connectivity index (χ1n) is 7.06. The van der Waals surface area contributed by atoms with Gasteiger partial charge in [-0.1, -0.05) is 0 Å². The topological polar surface area (TPSA) is 50.4 Å². The van der Waals surface area contributed by atoms with E-state index >= 15 is 0 Å². The van der Waals surface area contributed by atoms with Crippen LogP contribution < -0.4 is 10.6 Å². The molecule has 130 valence electrons. The molecule has 1 aliphatic rings. The van der Waals surface area contributed by atoms with Crippen molar-refractivity contribution in [3.63, 3.8) is 0 Å². The maximum absolute atomic E-state index is 12.5. The third-order valence-corrected chi connectivity index (χ3v) is 3.81. The number of nitrogens with one attached hydrogen (secondary N) is 2. The van der Waals surface area contributed by atoms with Crippen LogP contribution in [0.3, 0.4) is 0 Å². The van der Waals surface area contributed by atoms with E-state index in [1.807, 2.05) is 0 Å². The van der Waals surface area contributed by atoms with E-state index in [2.05, 4.69) is 10.6 Å². The van der Waals surface area contributed by atoms with Gasteiger partial charge >= 0.3 is 6.18 Å². The lowest BCUT2D eigenvalue weighted by molar-refractivity contribution is -0.137. The lowest BCUT2D eigenvalue weighted by Gasteiger charge is -2.29. The van der Waals surface area contributed by atoms with Crippen LogP contribution in [0, 0.1) is 0 Å². The van der Waals surface area contributed by atoms with Crippen LogP contribution in [0.5, 0.6) is 0 Å². The van der Waals surface area contributed by atoms with Crippen molar-refractivity contribution in [3.8, 4) is 0 Å². The molecule has 0 spiro atoms. The summed E-state index contributed by atoms with van der Waals surface area (Å²) in [6.07, 6.45) is -2.51. The first kappa shape index (κ1) is 19.7. The zero-order valence-electron chi connectivity index (χ0n) is 12.7. The maximum atomic E-state index is 12.5. The molecule has 1 saturated heterocycles. The van der Waals surface area contributed by atoms with Crippen molar-refractivity contribution in [2.45, 2.75) is 24.6 Å². The van der Waals surface area contributed by atoms with Crippen molar-refractivity contribution in [2.24, 2.45) is 0 Å². The monoisotopic (exact) mass is 352 g/mol. The zero-order chi connectivity index (χ0) is 16.2. The van der Waals surface area contributed by atoms with Gasteiger partial charge in [0.15, 0.2) is 0 Å². The van der Waals surface area contributed by atoms with E-state index in [0.29, 0.717) is 13.2 Å². The molecule has 1 amide bonds. The fourth-order valence-electron chi connectivity index (χ4n) is 2.63. The fraction of sp³-hybridized carbons (Fsp3) is 0.533. The molecule has 23 heavy (non-hydrogen) atoms. The third kappa shape index (κ3) is 5.09. The number of carbonyl (C=O) groups is 1. The third-order valence-electron chi connectivity index (χ3n) is 3.81. The number of carbonyl (C=O) groups excluding carboxylic acids is 1. The van der Waals surface area contributed by atoms with Gasteiger partial charge in [0.25, 0.3) is 5.91 Å². The Morgan fingerprint density at radius 3 is 2.48 bits per heavy atom. The SMILES string of the molecule is COCC1(CNC(=O)c2ccc(C(F)(F)F)cc2)CCCN1.Cl. The molecule has 0 radical (unpaired) electrons. The summed E-state index contributed by atoms with van der Waals surface area (Å²) in [5.74, 6) is -0.391. The van der Waals surface area contributed by atoms with Crippen LogP contribution >= 0.6 is 12.4 Å². The number of ether oxygens (including phenoxy) is 1. The van der Waals surface area contributed by atoms with Gasteiger partial charge in [-0.2, -0.15) is 13.2 Å². The Bertz CT molecular complexity index is 514. The molecule has 0 aromatic heterocycles. The van der Waals surface area contributed by atoms with Crippen LogP contribution in [0.15, 0.2) is 24.3 Å². The predicted octanol–water partition coefficient (Wildman–Crippen LogP) is 2.63. The largest absolute Gasteiger partial charge is 0.416 e. The van der Waals surface area contributed by atoms with Crippen molar-refractivity contribution in [3.05, 3.63) is 35.4 Å². The standard InChI is InChI=1S/C15H19F3N2O2.ClH/c1-22-10-14(7-2-8-20-14)9-19-13(21)11-3-5-12(6-4-11)15(16,17)18;/h3-6,20H,2,7-10H2,1H3,(H,19,21);1H. The van der Waals surface area contributed by atoms with Gasteiger partial charge in [-0.05, 0) is 43.7 Å². The van der Waals surface area contributed by atoms with Crippen LogP contribution in [0.4, 0.5) is 13.2 Å². The Hall–Kier alpha value is -1.31. The molecule has 1 fully saturated rings. The molecule has 1 unspecified atom stereocenters. The second-order valence-corrected chi connectivity index (χ2v) is 5.50. The summed E-state index contributed by atoms with van der Waals surface area (Å²) < 4.78 is 42.6. The Balaban J connectivity index is 0.00000264. The van der Waals surface area contributed by atoms with E-state index in [1.165, 1.54) is 12.1 Å². The Morgan fingerprint density at radius 1 is 1.35 bits per heavy atom. The van der Waals surface area contributed by atoms with Gasteiger partial charge < -0.3 is 15.4 Å². The molecule has 0 aliphatic carbocycles. The number of halogens is 4. The van der Waals surface area contributed by atoms with Crippen molar-refractivity contribution >= 4 is 18.3 Å². The van der Waals surface area contributed by atoms with Crippen LogP contribution in [0.25, 0.3) is 0 Å². The smallest absolute Gasteiger partial charge is 0.383 e. The number of hydrogen-bond acceptors (Lipinski definition) is 3. The van der Waals surface area contributed by atoms with Crippen molar-refractivity contribution < 1.29 is 22.7 Å². The van der Waals surface area contributed by atoms with Gasteiger partial charge in [0.05, 0.1) is 17.7 Å². The number of rotatable bonds is 5. The molecular weight excluding hydrogens is 333 g/mol. The number of hydrogen-bond donors (Lipinski definition) is 2. The number of alkyl halides is 3. The molecule has 0 bridgehead atoms. The minimum atomic E-state index is -4.40. The van der Waals surface area contributed by atoms with Gasteiger partial charge in [0.1, 0.15) is 0 Å². The zero-order valence-corrected chi connectivity index (χ0v) is 13.5. The Kier molecular flexibility index (Phi) is 6.85. The maximum Gasteiger partial charge on any atom is 0.416 e. The molecule has 1 aliphatic heterocycles. The molecule has 4 nitrogen and oxygen atoms in total. The van der Waals surface area contributed by atoms with E-state index in [4.69, 9.17) is 4.74 Å². The normalized spacial score (nSPS) is 20.9. The number of benzene rings is 1. The molecule has 1 aromatic rings. The average Bonchev–Trinajstić information content (AvgIpc) is 2.93. The second kappa shape index (κ2) is 7.99. The summed E-state index contributed by atoms with van der Waals surface area (Å²) in [6.45, 7) is 1.71. The van der Waals surface area contributed by atoms with E-state index in [-0.39, 0.29) is 23.5 Å². The highest BCUT2D eigenvalue weighted by molar-refractivity contribution is 5.94. The van der Waals surface area contributed by atoms with Gasteiger partial charge in [-0.15, -0.1) is 12.4 Å². The van der Waals surface area contributed by atoms with Gasteiger partial charge in [0, 0.05) is 19.2 Å². The van der Waals surface area contributed by atoms with Gasteiger partial charge in [0.2, 0.25) is 0 Å². The minimum absolute atomic E-state index is 0. The predicted molar refractivity (Wildman–Crippen MR) is 82.9 cm³/mol. The Morgan fingerprint density at radius 2 is 2.00 bits per heavy atom. The van der Waals surface area contributed by atoms with E-state index in [9.17, 15) is 18.0 Å². The summed E-state index contributed by atoms with van der Waals surface area (Å²) >= 11 is 0.